The molecule has 1 amide bonds. The third-order valence-corrected chi connectivity index (χ3v) is 10.5. The SMILES string of the molecule is C[C@]12C[C@H](O)[C@@]3(F)[C@@H](CCC4=CC(=O)C=C[C@@]43C)[C@@H]1C[C@@H](O)C2(O)C(=O)COC(=O)NCCOC(=O)OCCC(CON(O)O)ON(O)O. The molecular formula is C29H42FN3O16. The number of nitrogens with one attached hydrogen (secondary N) is 1. The summed E-state index contributed by atoms with van der Waals surface area (Å²) in [6, 6.07) is 0. The van der Waals surface area contributed by atoms with Crippen LogP contribution in [0.5, 0.6) is 0 Å². The van der Waals surface area contributed by atoms with Gasteiger partial charge in [0.2, 0.25) is 5.78 Å². The van der Waals surface area contributed by atoms with Gasteiger partial charge in [-0.05, 0) is 50.7 Å². The van der Waals surface area contributed by atoms with E-state index in [1.54, 1.807) is 6.92 Å². The van der Waals surface area contributed by atoms with E-state index in [0.29, 0.717) is 12.0 Å². The maximum Gasteiger partial charge on any atom is 0.508 e. The van der Waals surface area contributed by atoms with E-state index in [4.69, 9.17) is 35.0 Å². The number of ether oxygens (including phenoxy) is 3. The van der Waals surface area contributed by atoms with Crippen LogP contribution in [0.4, 0.5) is 14.0 Å². The fourth-order valence-electron chi connectivity index (χ4n) is 8.07. The van der Waals surface area contributed by atoms with Gasteiger partial charge in [0, 0.05) is 23.2 Å². The lowest BCUT2D eigenvalue weighted by molar-refractivity contribution is -0.527. The fourth-order valence-corrected chi connectivity index (χ4v) is 8.07. The first-order valence-corrected chi connectivity index (χ1v) is 15.5. The van der Waals surface area contributed by atoms with Crippen molar-refractivity contribution < 1.29 is 83.6 Å². The molecule has 0 aliphatic heterocycles. The summed E-state index contributed by atoms with van der Waals surface area (Å²) in [6.45, 7) is 0.440. The number of rotatable bonds is 14. The number of aliphatic hydroxyl groups is 3. The van der Waals surface area contributed by atoms with Crippen molar-refractivity contribution in [2.24, 2.45) is 22.7 Å². The van der Waals surface area contributed by atoms with E-state index in [-0.39, 0.29) is 38.0 Å². The molecule has 276 valence electrons. The van der Waals surface area contributed by atoms with Crippen molar-refractivity contribution in [3.05, 3.63) is 23.8 Å². The van der Waals surface area contributed by atoms with Crippen molar-refractivity contribution in [3.8, 4) is 0 Å². The van der Waals surface area contributed by atoms with Gasteiger partial charge in [-0.1, -0.05) is 18.6 Å². The van der Waals surface area contributed by atoms with Gasteiger partial charge in [-0.15, -0.1) is 0 Å². The molecule has 0 spiro atoms. The molecule has 0 aromatic heterocycles. The van der Waals surface area contributed by atoms with E-state index in [1.807, 2.05) is 0 Å². The molecule has 2 unspecified atom stereocenters. The Hall–Kier alpha value is -3.15. The third kappa shape index (κ3) is 7.35. The topological polar surface area (TPSA) is 275 Å². The van der Waals surface area contributed by atoms with Crippen molar-refractivity contribution in [1.29, 1.82) is 0 Å². The molecule has 8 N–H and O–H groups in total. The molecule has 0 bridgehead atoms. The zero-order valence-corrected chi connectivity index (χ0v) is 26.8. The number of alkyl halides is 1. The second kappa shape index (κ2) is 15.0. The Balaban J connectivity index is 1.26. The molecule has 3 saturated carbocycles. The molecule has 9 atom stereocenters. The summed E-state index contributed by atoms with van der Waals surface area (Å²) in [5, 5.41) is 69.6. The van der Waals surface area contributed by atoms with Gasteiger partial charge >= 0.3 is 12.2 Å². The lowest BCUT2D eigenvalue weighted by atomic mass is 9.44. The van der Waals surface area contributed by atoms with E-state index in [2.05, 4.69) is 15.0 Å². The number of carbonyl (C=O) groups is 4. The summed E-state index contributed by atoms with van der Waals surface area (Å²) in [6.07, 6.45) is -2.92. The minimum Gasteiger partial charge on any atom is -0.441 e. The fraction of sp³-hybridized carbons (Fsp3) is 0.724. The highest BCUT2D eigenvalue weighted by Gasteiger charge is 2.76. The molecule has 4 aliphatic carbocycles. The lowest BCUT2D eigenvalue weighted by Gasteiger charge is -2.62. The molecule has 4 rings (SSSR count). The molecule has 20 heteroatoms. The van der Waals surface area contributed by atoms with Gasteiger partial charge in [-0.25, -0.2) is 23.7 Å². The summed E-state index contributed by atoms with van der Waals surface area (Å²) in [7, 11) is 0. The van der Waals surface area contributed by atoms with Gasteiger partial charge in [0.25, 0.3) is 0 Å². The van der Waals surface area contributed by atoms with E-state index < -0.39 is 107 Å². The summed E-state index contributed by atoms with van der Waals surface area (Å²) >= 11 is 0. The van der Waals surface area contributed by atoms with Gasteiger partial charge in [0.15, 0.2) is 23.7 Å². The number of carbonyl (C=O) groups excluding carboxylic acids is 4. The highest BCUT2D eigenvalue weighted by molar-refractivity contribution is 6.01. The Morgan fingerprint density at radius 3 is 2.41 bits per heavy atom. The van der Waals surface area contributed by atoms with E-state index in [0.717, 1.165) is 0 Å². The highest BCUT2D eigenvalue weighted by Crippen LogP contribution is 2.69. The number of nitrogens with zero attached hydrogens (tertiary/aromatic N) is 2. The predicted molar refractivity (Wildman–Crippen MR) is 153 cm³/mol. The van der Waals surface area contributed by atoms with E-state index in [1.165, 1.54) is 25.2 Å². The molecule has 4 aliphatic rings. The van der Waals surface area contributed by atoms with Crippen LogP contribution >= 0.6 is 0 Å². The van der Waals surface area contributed by atoms with Crippen LogP contribution in [0, 0.1) is 22.7 Å². The third-order valence-electron chi connectivity index (χ3n) is 10.5. The number of alkyl carbamates (subject to hydrolysis) is 1. The molecule has 0 saturated heterocycles. The molecule has 0 heterocycles. The Morgan fingerprint density at radius 2 is 1.73 bits per heavy atom. The number of amides is 1. The second-order valence-electron chi connectivity index (χ2n) is 13.0. The van der Waals surface area contributed by atoms with Crippen LogP contribution in [0.2, 0.25) is 0 Å². The quantitative estimate of drug-likeness (QED) is 0.0684. The number of fused-ring (bicyclic) bond motifs is 5. The molecule has 49 heavy (non-hydrogen) atoms. The van der Waals surface area contributed by atoms with Crippen molar-refractivity contribution in [2.75, 3.05) is 33.0 Å². The Labute approximate surface area is 278 Å². The van der Waals surface area contributed by atoms with Gasteiger partial charge in [-0.3, -0.25) is 30.4 Å². The summed E-state index contributed by atoms with van der Waals surface area (Å²) in [5.74, 6) is -2.94. The van der Waals surface area contributed by atoms with Crippen LogP contribution in [0.3, 0.4) is 0 Å². The molecular weight excluding hydrogens is 665 g/mol. The lowest BCUT2D eigenvalue weighted by Crippen LogP contribution is -2.69. The smallest absolute Gasteiger partial charge is 0.441 e. The van der Waals surface area contributed by atoms with Crippen molar-refractivity contribution in [1.82, 2.24) is 16.1 Å². The van der Waals surface area contributed by atoms with Crippen LogP contribution in [0.15, 0.2) is 23.8 Å². The molecule has 3 fully saturated rings. The van der Waals surface area contributed by atoms with Gasteiger partial charge in [0.1, 0.15) is 19.3 Å². The number of hydrogen-bond donors (Lipinski definition) is 8. The van der Waals surface area contributed by atoms with Crippen molar-refractivity contribution >= 4 is 23.8 Å². The van der Waals surface area contributed by atoms with Crippen molar-refractivity contribution in [3.63, 3.8) is 0 Å². The Kier molecular flexibility index (Phi) is 11.8. The van der Waals surface area contributed by atoms with Crippen LogP contribution in [-0.4, -0.2) is 133 Å². The average Bonchev–Trinajstić information content (AvgIpc) is 3.22. The summed E-state index contributed by atoms with van der Waals surface area (Å²) in [4.78, 5) is 58.1. The molecule has 0 aromatic rings. The molecule has 0 radical (unpaired) electrons. The predicted octanol–water partition coefficient (Wildman–Crippen LogP) is 0.290. The number of hydrogen-bond acceptors (Lipinski definition) is 18. The Bertz CT molecular complexity index is 1330. The molecule has 0 aromatic carbocycles. The van der Waals surface area contributed by atoms with Crippen LogP contribution < -0.4 is 5.32 Å². The number of aliphatic hydroxyl groups excluding tert-OH is 2. The van der Waals surface area contributed by atoms with Gasteiger partial charge in [-0.2, -0.15) is 0 Å². The average molecular weight is 708 g/mol. The number of halogens is 1. The maximum absolute atomic E-state index is 17.2. The maximum atomic E-state index is 17.2. The first kappa shape index (κ1) is 38.6. The van der Waals surface area contributed by atoms with Gasteiger partial charge in [0.05, 0.1) is 36.1 Å². The van der Waals surface area contributed by atoms with Crippen LogP contribution in [0.25, 0.3) is 0 Å². The minimum absolute atomic E-state index is 0.147. The number of allylic oxidation sites excluding steroid dienone is 4. The van der Waals surface area contributed by atoms with Crippen molar-refractivity contribution in [2.45, 2.75) is 75.5 Å². The molecule has 19 nitrogen and oxygen atoms in total. The minimum atomic E-state index is -2.49. The second-order valence-corrected chi connectivity index (χ2v) is 13.0. The zero-order valence-electron chi connectivity index (χ0n) is 26.8. The van der Waals surface area contributed by atoms with Gasteiger partial charge < -0.3 is 34.8 Å². The Morgan fingerprint density at radius 1 is 1.04 bits per heavy atom. The summed E-state index contributed by atoms with van der Waals surface area (Å²) in [5.41, 5.74) is -6.97. The summed E-state index contributed by atoms with van der Waals surface area (Å²) < 4.78 is 31.7. The first-order chi connectivity index (χ1) is 22.9. The van der Waals surface area contributed by atoms with E-state index >= 15 is 4.39 Å². The highest BCUT2D eigenvalue weighted by atomic mass is 19.1. The first-order valence-electron chi connectivity index (χ1n) is 15.5. The normalized spacial score (nSPS) is 35.6. The zero-order chi connectivity index (χ0) is 36.4. The van der Waals surface area contributed by atoms with Crippen LogP contribution in [-0.2, 0) is 33.5 Å². The number of Topliss-reactive ketones (excluding diaryl/α,β-unsaturated/α-hetero) is 1. The standard InChI is InChI=1S/C29H42FN3O16/c1-26-7-5-17(34)11-16(26)3-4-19-20-12-21(35)29(40,27(20,2)13-22(36)28(19,26)30)23(37)15-47-24(38)31-8-10-46-25(39)45-9-6-18(49-33(43)44)14-48-32(41)42/h5,7,11,18-22,35-36,40-44H,3-4,6,8-10,12-15H2,1-2H3,(H,31,38)/t18?,19-,20-,21+,22-,26-,27-,28-,29?/m0/s1. The largest absolute Gasteiger partial charge is 0.508 e. The monoisotopic (exact) mass is 707 g/mol. The number of ketones is 2. The van der Waals surface area contributed by atoms with Crippen LogP contribution in [0.1, 0.15) is 46.0 Å². The van der Waals surface area contributed by atoms with E-state index in [9.17, 15) is 34.5 Å².